The van der Waals surface area contributed by atoms with Crippen LogP contribution in [-0.4, -0.2) is 39.5 Å². The summed E-state index contributed by atoms with van der Waals surface area (Å²) in [6.07, 6.45) is 3.34. The molecule has 104 valence electrons. The molecular formula is C12H17N3O2S2. The summed E-state index contributed by atoms with van der Waals surface area (Å²) in [6, 6.07) is 5.23. The molecule has 1 aromatic heterocycles. The SMILES string of the molecule is CN1CCCCC1CNS(=O)(=O)c1ccc(C#N)s1. The zero-order chi connectivity index (χ0) is 13.9. The Bertz CT molecular complexity index is 574. The fourth-order valence-electron chi connectivity index (χ4n) is 2.20. The van der Waals surface area contributed by atoms with E-state index in [1.807, 2.05) is 13.1 Å². The van der Waals surface area contributed by atoms with Gasteiger partial charge in [-0.05, 0) is 38.6 Å². The Morgan fingerprint density at radius 2 is 2.32 bits per heavy atom. The molecule has 1 aliphatic heterocycles. The lowest BCUT2D eigenvalue weighted by atomic mass is 10.0. The number of likely N-dealkylation sites (tertiary alicyclic amines) is 1. The summed E-state index contributed by atoms with van der Waals surface area (Å²) in [6.45, 7) is 1.45. The van der Waals surface area contributed by atoms with Crippen molar-refractivity contribution in [3.05, 3.63) is 17.0 Å². The second-order valence-corrected chi connectivity index (χ2v) is 7.79. The number of nitriles is 1. The number of sulfonamides is 1. The number of thiophene rings is 1. The van der Waals surface area contributed by atoms with Gasteiger partial charge in [0.25, 0.3) is 0 Å². The third-order valence-electron chi connectivity index (χ3n) is 3.39. The Morgan fingerprint density at radius 1 is 1.53 bits per heavy atom. The molecular weight excluding hydrogens is 282 g/mol. The first kappa shape index (κ1) is 14.5. The van der Waals surface area contributed by atoms with Crippen LogP contribution in [0.5, 0.6) is 0 Å². The molecule has 19 heavy (non-hydrogen) atoms. The van der Waals surface area contributed by atoms with Crippen LogP contribution >= 0.6 is 11.3 Å². The number of hydrogen-bond donors (Lipinski definition) is 1. The van der Waals surface area contributed by atoms with Gasteiger partial charge in [0, 0.05) is 12.6 Å². The van der Waals surface area contributed by atoms with Gasteiger partial charge in [0.15, 0.2) is 0 Å². The van der Waals surface area contributed by atoms with E-state index in [1.54, 1.807) is 0 Å². The number of nitrogens with zero attached hydrogens (tertiary/aromatic N) is 2. The average Bonchev–Trinajstić information content (AvgIpc) is 2.87. The van der Waals surface area contributed by atoms with Crippen LogP contribution < -0.4 is 4.72 Å². The number of likely N-dealkylation sites (N-methyl/N-ethyl adjacent to an activating group) is 1. The summed E-state index contributed by atoms with van der Waals surface area (Å²) in [7, 11) is -1.46. The molecule has 7 heteroatoms. The molecule has 1 N–H and O–H groups in total. The summed E-state index contributed by atoms with van der Waals surface area (Å²) >= 11 is 1.00. The third kappa shape index (κ3) is 3.54. The Hall–Kier alpha value is -0.940. The standard InChI is InChI=1S/C12H17N3O2S2/c1-15-7-3-2-4-10(15)9-14-19(16,17)12-6-5-11(8-13)18-12/h5-6,10,14H,2-4,7,9H2,1H3. The average molecular weight is 299 g/mol. The Kier molecular flexibility index (Phi) is 4.58. The van der Waals surface area contributed by atoms with E-state index in [1.165, 1.54) is 18.6 Å². The lowest BCUT2D eigenvalue weighted by molar-refractivity contribution is 0.187. The largest absolute Gasteiger partial charge is 0.302 e. The molecule has 0 saturated carbocycles. The van der Waals surface area contributed by atoms with E-state index in [4.69, 9.17) is 5.26 Å². The fourth-order valence-corrected chi connectivity index (χ4v) is 4.42. The maximum Gasteiger partial charge on any atom is 0.250 e. The van der Waals surface area contributed by atoms with Crippen LogP contribution in [0.1, 0.15) is 24.1 Å². The minimum atomic E-state index is -3.48. The predicted octanol–water partition coefficient (Wildman–Crippen LogP) is 1.38. The van der Waals surface area contributed by atoms with Gasteiger partial charge in [0.2, 0.25) is 10.0 Å². The van der Waals surface area contributed by atoms with Crippen LogP contribution in [0.4, 0.5) is 0 Å². The number of piperidine rings is 1. The molecule has 1 atom stereocenters. The van der Waals surface area contributed by atoms with Crippen LogP contribution in [0.3, 0.4) is 0 Å². The number of hydrogen-bond acceptors (Lipinski definition) is 5. The van der Waals surface area contributed by atoms with Crippen molar-refractivity contribution >= 4 is 21.4 Å². The molecule has 1 saturated heterocycles. The van der Waals surface area contributed by atoms with Crippen molar-refractivity contribution in [1.82, 2.24) is 9.62 Å². The molecule has 0 amide bonds. The molecule has 0 bridgehead atoms. The van der Waals surface area contributed by atoms with Crippen molar-refractivity contribution in [1.29, 1.82) is 5.26 Å². The monoisotopic (exact) mass is 299 g/mol. The molecule has 1 fully saturated rings. The quantitative estimate of drug-likeness (QED) is 0.911. The first-order chi connectivity index (χ1) is 9.03. The number of nitrogens with one attached hydrogen (secondary N) is 1. The molecule has 0 spiro atoms. The van der Waals surface area contributed by atoms with Gasteiger partial charge >= 0.3 is 0 Å². The van der Waals surface area contributed by atoms with Crippen LogP contribution in [0.2, 0.25) is 0 Å². The molecule has 1 aliphatic rings. The maximum absolute atomic E-state index is 12.1. The second-order valence-electron chi connectivity index (χ2n) is 4.71. The highest BCUT2D eigenvalue weighted by atomic mass is 32.2. The molecule has 2 heterocycles. The van der Waals surface area contributed by atoms with Crippen molar-refractivity contribution < 1.29 is 8.42 Å². The molecule has 1 aromatic rings. The van der Waals surface area contributed by atoms with Gasteiger partial charge < -0.3 is 4.90 Å². The van der Waals surface area contributed by atoms with Crippen molar-refractivity contribution in [2.45, 2.75) is 29.5 Å². The van der Waals surface area contributed by atoms with Crippen LogP contribution in [-0.2, 0) is 10.0 Å². The van der Waals surface area contributed by atoms with E-state index in [0.29, 0.717) is 11.4 Å². The first-order valence-electron chi connectivity index (χ1n) is 6.23. The normalized spacial score (nSPS) is 21.2. The van der Waals surface area contributed by atoms with E-state index < -0.39 is 10.0 Å². The van der Waals surface area contributed by atoms with E-state index >= 15 is 0 Å². The zero-order valence-electron chi connectivity index (χ0n) is 10.8. The lowest BCUT2D eigenvalue weighted by Gasteiger charge is -2.32. The van der Waals surface area contributed by atoms with Crippen LogP contribution in [0, 0.1) is 11.3 Å². The summed E-state index contributed by atoms with van der Waals surface area (Å²) < 4.78 is 27.0. The van der Waals surface area contributed by atoms with Gasteiger partial charge in [-0.15, -0.1) is 11.3 Å². The van der Waals surface area contributed by atoms with E-state index in [-0.39, 0.29) is 10.3 Å². The highest BCUT2D eigenvalue weighted by Gasteiger charge is 2.22. The fraction of sp³-hybridized carbons (Fsp3) is 0.583. The van der Waals surface area contributed by atoms with Crippen LogP contribution in [0.15, 0.2) is 16.3 Å². The zero-order valence-corrected chi connectivity index (χ0v) is 12.4. The number of rotatable bonds is 4. The molecule has 0 aliphatic carbocycles. The summed E-state index contributed by atoms with van der Waals surface area (Å²) in [5.74, 6) is 0. The van der Waals surface area contributed by atoms with Crippen molar-refractivity contribution in [3.8, 4) is 6.07 Å². The van der Waals surface area contributed by atoms with E-state index in [2.05, 4.69) is 9.62 Å². The van der Waals surface area contributed by atoms with E-state index in [0.717, 1.165) is 30.7 Å². The molecule has 0 radical (unpaired) electrons. The molecule has 1 unspecified atom stereocenters. The summed E-state index contributed by atoms with van der Waals surface area (Å²) in [4.78, 5) is 2.61. The summed E-state index contributed by atoms with van der Waals surface area (Å²) in [5.41, 5.74) is 0. The molecule has 0 aromatic carbocycles. The highest BCUT2D eigenvalue weighted by Crippen LogP contribution is 2.21. The van der Waals surface area contributed by atoms with Crippen LogP contribution in [0.25, 0.3) is 0 Å². The Morgan fingerprint density at radius 3 is 2.95 bits per heavy atom. The minimum absolute atomic E-state index is 0.211. The topological polar surface area (TPSA) is 73.2 Å². The third-order valence-corrected chi connectivity index (χ3v) is 6.29. The second kappa shape index (κ2) is 6.01. The highest BCUT2D eigenvalue weighted by molar-refractivity contribution is 7.91. The van der Waals surface area contributed by atoms with Gasteiger partial charge in [0.1, 0.15) is 15.2 Å². The Labute approximate surface area is 117 Å². The van der Waals surface area contributed by atoms with Crippen molar-refractivity contribution in [2.75, 3.05) is 20.1 Å². The Balaban J connectivity index is 1.99. The minimum Gasteiger partial charge on any atom is -0.302 e. The lowest BCUT2D eigenvalue weighted by Crippen LogP contribution is -2.44. The van der Waals surface area contributed by atoms with Gasteiger partial charge in [-0.25, -0.2) is 13.1 Å². The van der Waals surface area contributed by atoms with Gasteiger partial charge in [-0.3, -0.25) is 0 Å². The van der Waals surface area contributed by atoms with Gasteiger partial charge in [-0.2, -0.15) is 5.26 Å². The smallest absolute Gasteiger partial charge is 0.250 e. The van der Waals surface area contributed by atoms with E-state index in [9.17, 15) is 8.42 Å². The van der Waals surface area contributed by atoms with Gasteiger partial charge in [-0.1, -0.05) is 6.42 Å². The summed E-state index contributed by atoms with van der Waals surface area (Å²) in [5, 5.41) is 8.72. The predicted molar refractivity (Wildman–Crippen MR) is 74.5 cm³/mol. The molecule has 5 nitrogen and oxygen atoms in total. The maximum atomic E-state index is 12.1. The van der Waals surface area contributed by atoms with Gasteiger partial charge in [0.05, 0.1) is 0 Å². The van der Waals surface area contributed by atoms with Crippen molar-refractivity contribution in [3.63, 3.8) is 0 Å². The first-order valence-corrected chi connectivity index (χ1v) is 8.53. The van der Waals surface area contributed by atoms with Crippen molar-refractivity contribution in [2.24, 2.45) is 0 Å². The molecule has 2 rings (SSSR count).